The number of hydrogen-bond acceptors (Lipinski definition) is 6. The van der Waals surface area contributed by atoms with Crippen LogP contribution < -0.4 is 10.6 Å². The Hall–Kier alpha value is -3.49. The highest BCUT2D eigenvalue weighted by Crippen LogP contribution is 2.23. The molecule has 0 spiro atoms. The monoisotopic (exact) mass is 375 g/mol. The van der Waals surface area contributed by atoms with Gasteiger partial charge in [0.1, 0.15) is 5.82 Å². The number of rotatable bonds is 7. The van der Waals surface area contributed by atoms with E-state index in [9.17, 15) is 24.1 Å². The Morgan fingerprint density at radius 3 is 2.48 bits per heavy atom. The number of nitro benzene ring substituents is 1. The maximum atomic E-state index is 12.9. The Balaban J connectivity index is 2.01. The normalized spacial score (nSPS) is 11.4. The molecule has 2 aromatic rings. The fraction of sp³-hybridized carbons (Fsp3) is 0.222. The van der Waals surface area contributed by atoms with Crippen LogP contribution in [0.15, 0.2) is 42.5 Å². The van der Waals surface area contributed by atoms with E-state index < -0.39 is 22.9 Å². The van der Waals surface area contributed by atoms with Crippen molar-refractivity contribution in [2.45, 2.75) is 19.6 Å². The zero-order valence-electron chi connectivity index (χ0n) is 14.7. The molecule has 1 atom stereocenters. The number of benzene rings is 2. The molecule has 0 heterocycles. The van der Waals surface area contributed by atoms with Crippen LogP contribution in [-0.4, -0.2) is 30.0 Å². The first-order chi connectivity index (χ1) is 12.8. The molecule has 2 rings (SSSR count). The van der Waals surface area contributed by atoms with Crippen molar-refractivity contribution in [2.24, 2.45) is 0 Å². The molecule has 0 bridgehead atoms. The van der Waals surface area contributed by atoms with Crippen molar-refractivity contribution in [3.05, 3.63) is 69.5 Å². The smallest absolute Gasteiger partial charge is 0.341 e. The fourth-order valence-corrected chi connectivity index (χ4v) is 2.25. The summed E-state index contributed by atoms with van der Waals surface area (Å²) in [7, 11) is 1.55. The van der Waals surface area contributed by atoms with E-state index in [0.717, 1.165) is 6.07 Å². The van der Waals surface area contributed by atoms with Gasteiger partial charge in [0.15, 0.2) is 6.10 Å². The minimum atomic E-state index is -1.12. The molecule has 0 saturated carbocycles. The molecular formula is C18H18FN3O5. The first kappa shape index (κ1) is 19.8. The van der Waals surface area contributed by atoms with Gasteiger partial charge in [-0.15, -0.1) is 0 Å². The number of hydrogen-bond donors (Lipinski definition) is 2. The minimum absolute atomic E-state index is 0.0510. The van der Waals surface area contributed by atoms with E-state index in [1.807, 2.05) is 0 Å². The highest BCUT2D eigenvalue weighted by molar-refractivity contribution is 5.98. The highest BCUT2D eigenvalue weighted by atomic mass is 19.1. The molecule has 0 aliphatic carbocycles. The summed E-state index contributed by atoms with van der Waals surface area (Å²) in [5.74, 6) is -1.80. The number of non-ortho nitro benzene ring substituents is 1. The summed E-state index contributed by atoms with van der Waals surface area (Å²) in [4.78, 5) is 34.7. The van der Waals surface area contributed by atoms with Gasteiger partial charge >= 0.3 is 5.97 Å². The molecule has 0 aliphatic rings. The number of carbonyl (C=O) groups is 2. The third-order valence-corrected chi connectivity index (χ3v) is 3.74. The number of esters is 1. The fourth-order valence-electron chi connectivity index (χ4n) is 2.25. The summed E-state index contributed by atoms with van der Waals surface area (Å²) < 4.78 is 18.0. The molecule has 0 unspecified atom stereocenters. The van der Waals surface area contributed by atoms with Crippen LogP contribution in [0.2, 0.25) is 0 Å². The van der Waals surface area contributed by atoms with Crippen LogP contribution >= 0.6 is 0 Å². The average molecular weight is 375 g/mol. The molecule has 0 fully saturated rings. The van der Waals surface area contributed by atoms with Crippen molar-refractivity contribution >= 4 is 23.3 Å². The Labute approximate surface area is 154 Å². The number of carbonyl (C=O) groups excluding carboxylic acids is 2. The van der Waals surface area contributed by atoms with E-state index in [1.165, 1.54) is 43.3 Å². The molecule has 8 nitrogen and oxygen atoms in total. The van der Waals surface area contributed by atoms with E-state index in [1.54, 1.807) is 7.05 Å². The maximum Gasteiger partial charge on any atom is 0.341 e. The van der Waals surface area contributed by atoms with Crippen molar-refractivity contribution < 1.29 is 23.6 Å². The third-order valence-electron chi connectivity index (χ3n) is 3.74. The predicted octanol–water partition coefficient (Wildman–Crippen LogP) is 2.64. The van der Waals surface area contributed by atoms with E-state index in [4.69, 9.17) is 4.74 Å². The first-order valence-corrected chi connectivity index (χ1v) is 8.01. The highest BCUT2D eigenvalue weighted by Gasteiger charge is 2.22. The molecule has 9 heteroatoms. The second-order valence-corrected chi connectivity index (χ2v) is 5.63. The summed E-state index contributed by atoms with van der Waals surface area (Å²) in [5.41, 5.74) is 0.697. The van der Waals surface area contributed by atoms with Gasteiger partial charge in [-0.05, 0) is 30.7 Å². The molecule has 0 aromatic heterocycles. The third kappa shape index (κ3) is 5.24. The van der Waals surface area contributed by atoms with Crippen LogP contribution in [0.1, 0.15) is 22.8 Å². The number of ether oxygens (including phenoxy) is 1. The van der Waals surface area contributed by atoms with Crippen molar-refractivity contribution in [2.75, 3.05) is 12.4 Å². The van der Waals surface area contributed by atoms with E-state index >= 15 is 0 Å². The van der Waals surface area contributed by atoms with Crippen LogP contribution in [0.5, 0.6) is 0 Å². The summed E-state index contributed by atoms with van der Waals surface area (Å²) in [6.07, 6.45) is -1.12. The van der Waals surface area contributed by atoms with Gasteiger partial charge in [-0.2, -0.15) is 0 Å². The summed E-state index contributed by atoms with van der Waals surface area (Å²) in [6.45, 7) is 1.52. The van der Waals surface area contributed by atoms with E-state index in [-0.39, 0.29) is 23.6 Å². The second-order valence-electron chi connectivity index (χ2n) is 5.63. The minimum Gasteiger partial charge on any atom is -0.449 e. The second kappa shape index (κ2) is 8.75. The Morgan fingerprint density at radius 2 is 1.89 bits per heavy atom. The molecule has 142 valence electrons. The van der Waals surface area contributed by atoms with E-state index in [0.29, 0.717) is 11.3 Å². The first-order valence-electron chi connectivity index (χ1n) is 8.01. The van der Waals surface area contributed by atoms with Crippen molar-refractivity contribution in [1.82, 2.24) is 5.32 Å². The van der Waals surface area contributed by atoms with Crippen LogP contribution in [0.25, 0.3) is 0 Å². The quantitative estimate of drug-likeness (QED) is 0.437. The molecule has 0 aliphatic heterocycles. The van der Waals surface area contributed by atoms with Crippen molar-refractivity contribution in [1.29, 1.82) is 0 Å². The lowest BCUT2D eigenvalue weighted by atomic mass is 10.1. The lowest BCUT2D eigenvalue weighted by Gasteiger charge is -2.15. The van der Waals surface area contributed by atoms with Gasteiger partial charge < -0.3 is 15.4 Å². The molecule has 1 amide bonds. The topological polar surface area (TPSA) is 111 Å². The number of nitrogens with zero attached hydrogens (tertiary/aromatic N) is 1. The molecule has 2 N–H and O–H groups in total. The van der Waals surface area contributed by atoms with Crippen LogP contribution in [0, 0.1) is 15.9 Å². The summed E-state index contributed by atoms with van der Waals surface area (Å²) >= 11 is 0. The molecule has 0 radical (unpaired) electrons. The SMILES string of the molecule is CNc1ccc([N+](=O)[O-])cc1C(=O)O[C@H](C)C(=O)NCc1ccc(F)cc1. The van der Waals surface area contributed by atoms with Gasteiger partial charge in [0.25, 0.3) is 11.6 Å². The van der Waals surface area contributed by atoms with Gasteiger partial charge in [0, 0.05) is 31.4 Å². The van der Waals surface area contributed by atoms with Gasteiger partial charge in [0.2, 0.25) is 0 Å². The molecule has 0 saturated heterocycles. The maximum absolute atomic E-state index is 12.9. The van der Waals surface area contributed by atoms with Crippen LogP contribution in [0.3, 0.4) is 0 Å². The van der Waals surface area contributed by atoms with E-state index in [2.05, 4.69) is 10.6 Å². The van der Waals surface area contributed by atoms with Gasteiger partial charge in [0.05, 0.1) is 10.5 Å². The lowest BCUT2D eigenvalue weighted by Crippen LogP contribution is -2.35. The van der Waals surface area contributed by atoms with Crippen molar-refractivity contribution in [3.8, 4) is 0 Å². The average Bonchev–Trinajstić information content (AvgIpc) is 2.66. The van der Waals surface area contributed by atoms with Crippen LogP contribution in [0.4, 0.5) is 15.8 Å². The Morgan fingerprint density at radius 1 is 1.22 bits per heavy atom. The lowest BCUT2D eigenvalue weighted by molar-refractivity contribution is -0.384. The van der Waals surface area contributed by atoms with Crippen LogP contribution in [-0.2, 0) is 16.1 Å². The molecule has 27 heavy (non-hydrogen) atoms. The Kier molecular flexibility index (Phi) is 6.42. The summed E-state index contributed by atoms with van der Waals surface area (Å²) in [6, 6.07) is 9.30. The number of nitrogens with one attached hydrogen (secondary N) is 2. The largest absolute Gasteiger partial charge is 0.449 e. The number of halogens is 1. The number of anilines is 1. The van der Waals surface area contributed by atoms with Gasteiger partial charge in [-0.3, -0.25) is 14.9 Å². The Bertz CT molecular complexity index is 855. The number of amides is 1. The summed E-state index contributed by atoms with van der Waals surface area (Å²) in [5, 5.41) is 16.2. The van der Waals surface area contributed by atoms with Gasteiger partial charge in [-0.1, -0.05) is 12.1 Å². The zero-order chi connectivity index (χ0) is 20.0. The zero-order valence-corrected chi connectivity index (χ0v) is 14.7. The predicted molar refractivity (Wildman–Crippen MR) is 95.8 cm³/mol. The van der Waals surface area contributed by atoms with Gasteiger partial charge in [-0.25, -0.2) is 9.18 Å². The number of nitro groups is 1. The van der Waals surface area contributed by atoms with Crippen molar-refractivity contribution in [3.63, 3.8) is 0 Å². The molecular weight excluding hydrogens is 357 g/mol. The standard InChI is InChI=1S/C18H18FN3O5/c1-11(17(23)21-10-12-3-5-13(19)6-4-12)27-18(24)15-9-14(22(25)26)7-8-16(15)20-2/h3-9,11,20H,10H2,1-2H3,(H,21,23)/t11-/m1/s1. The molecule has 2 aromatic carbocycles.